The van der Waals surface area contributed by atoms with E-state index in [0.29, 0.717) is 16.5 Å². The molecular formula is C18H20ClN3O4S. The van der Waals surface area contributed by atoms with Gasteiger partial charge in [0.1, 0.15) is 12.3 Å². The van der Waals surface area contributed by atoms with E-state index in [-0.39, 0.29) is 5.69 Å². The third kappa shape index (κ3) is 5.70. The first kappa shape index (κ1) is 20.7. The number of ether oxygens (including phenoxy) is 1. The van der Waals surface area contributed by atoms with Crippen LogP contribution in [0.15, 0.2) is 53.6 Å². The van der Waals surface area contributed by atoms with Gasteiger partial charge in [-0.25, -0.2) is 13.8 Å². The van der Waals surface area contributed by atoms with Crippen LogP contribution in [-0.2, 0) is 14.8 Å². The van der Waals surface area contributed by atoms with E-state index in [9.17, 15) is 13.2 Å². The van der Waals surface area contributed by atoms with E-state index in [2.05, 4.69) is 10.5 Å². The van der Waals surface area contributed by atoms with Gasteiger partial charge in [-0.1, -0.05) is 35.9 Å². The van der Waals surface area contributed by atoms with Gasteiger partial charge in [0.2, 0.25) is 10.0 Å². The van der Waals surface area contributed by atoms with Crippen molar-refractivity contribution in [2.45, 2.75) is 6.92 Å². The predicted octanol–water partition coefficient (Wildman–Crippen LogP) is 2.66. The molecule has 0 saturated heterocycles. The van der Waals surface area contributed by atoms with Crippen molar-refractivity contribution in [1.82, 2.24) is 5.43 Å². The standard InChI is InChI=1S/C18H20ClN3O4S/c1-13(14-8-10-15(19)11-9-14)20-21-18(23)12-22(27(3,24)25)16-6-4-5-7-17(16)26-2/h4-11H,12H2,1-3H3,(H,21,23)/b20-13-. The lowest BCUT2D eigenvalue weighted by Gasteiger charge is -2.23. The van der Waals surface area contributed by atoms with Crippen molar-refractivity contribution in [3.8, 4) is 5.75 Å². The van der Waals surface area contributed by atoms with E-state index in [4.69, 9.17) is 16.3 Å². The largest absolute Gasteiger partial charge is 0.495 e. The van der Waals surface area contributed by atoms with Crippen molar-refractivity contribution in [2.75, 3.05) is 24.2 Å². The minimum Gasteiger partial charge on any atom is -0.495 e. The minimum atomic E-state index is -3.71. The molecule has 0 aliphatic rings. The van der Waals surface area contributed by atoms with Crippen molar-refractivity contribution in [1.29, 1.82) is 0 Å². The third-order valence-electron chi connectivity index (χ3n) is 3.65. The Morgan fingerprint density at radius 3 is 2.41 bits per heavy atom. The Labute approximate surface area is 163 Å². The predicted molar refractivity (Wildman–Crippen MR) is 107 cm³/mol. The number of nitrogens with zero attached hydrogens (tertiary/aromatic N) is 2. The molecule has 9 heteroatoms. The van der Waals surface area contributed by atoms with Gasteiger partial charge in [0, 0.05) is 5.02 Å². The first-order valence-electron chi connectivity index (χ1n) is 7.92. The number of nitrogens with one attached hydrogen (secondary N) is 1. The Morgan fingerprint density at radius 2 is 1.81 bits per heavy atom. The van der Waals surface area contributed by atoms with Gasteiger partial charge >= 0.3 is 0 Å². The van der Waals surface area contributed by atoms with Gasteiger partial charge in [-0.15, -0.1) is 0 Å². The highest BCUT2D eigenvalue weighted by Gasteiger charge is 2.23. The molecule has 2 aromatic carbocycles. The second-order valence-corrected chi connectivity index (χ2v) is 8.02. The van der Waals surface area contributed by atoms with Gasteiger partial charge in [-0.3, -0.25) is 9.10 Å². The van der Waals surface area contributed by atoms with E-state index < -0.39 is 22.5 Å². The highest BCUT2D eigenvalue weighted by molar-refractivity contribution is 7.92. The number of amides is 1. The number of methoxy groups -OCH3 is 1. The number of hydrogen-bond donors (Lipinski definition) is 1. The maximum atomic E-state index is 12.3. The molecule has 0 spiro atoms. The number of rotatable bonds is 7. The van der Waals surface area contributed by atoms with Gasteiger partial charge in [-0.2, -0.15) is 5.10 Å². The molecule has 0 unspecified atom stereocenters. The van der Waals surface area contributed by atoms with Crippen LogP contribution in [0.3, 0.4) is 0 Å². The molecule has 0 heterocycles. The van der Waals surface area contributed by atoms with E-state index in [0.717, 1.165) is 16.1 Å². The molecule has 0 aliphatic heterocycles. The van der Waals surface area contributed by atoms with Crippen LogP contribution in [0.5, 0.6) is 5.75 Å². The number of para-hydroxylation sites is 2. The zero-order valence-corrected chi connectivity index (χ0v) is 16.7. The molecule has 1 amide bonds. The summed E-state index contributed by atoms with van der Waals surface area (Å²) in [6, 6.07) is 13.5. The lowest BCUT2D eigenvalue weighted by Crippen LogP contribution is -2.39. The monoisotopic (exact) mass is 409 g/mol. The normalized spacial score (nSPS) is 11.8. The van der Waals surface area contributed by atoms with Crippen molar-refractivity contribution in [3.63, 3.8) is 0 Å². The number of hydrazone groups is 1. The summed E-state index contributed by atoms with van der Waals surface area (Å²) < 4.78 is 30.5. The number of halogens is 1. The summed E-state index contributed by atoms with van der Waals surface area (Å²) in [7, 11) is -2.28. The lowest BCUT2D eigenvalue weighted by atomic mass is 10.1. The Bertz CT molecular complexity index is 943. The topological polar surface area (TPSA) is 88.1 Å². The van der Waals surface area contributed by atoms with Crippen LogP contribution >= 0.6 is 11.6 Å². The molecule has 0 atom stereocenters. The average Bonchev–Trinajstić information content (AvgIpc) is 2.63. The molecule has 0 aliphatic carbocycles. The molecule has 0 fully saturated rings. The van der Waals surface area contributed by atoms with Crippen LogP contribution in [-0.4, -0.2) is 39.9 Å². The van der Waals surface area contributed by atoms with Crippen LogP contribution < -0.4 is 14.5 Å². The lowest BCUT2D eigenvalue weighted by molar-refractivity contribution is -0.119. The van der Waals surface area contributed by atoms with Crippen LogP contribution in [0, 0.1) is 0 Å². The Balaban J connectivity index is 2.17. The van der Waals surface area contributed by atoms with E-state index in [1.165, 1.54) is 7.11 Å². The van der Waals surface area contributed by atoms with Crippen LogP contribution in [0.4, 0.5) is 5.69 Å². The van der Waals surface area contributed by atoms with E-state index in [1.807, 2.05) is 0 Å². The molecular weight excluding hydrogens is 390 g/mol. The summed E-state index contributed by atoms with van der Waals surface area (Å²) in [4.78, 5) is 12.3. The van der Waals surface area contributed by atoms with Crippen molar-refractivity contribution < 1.29 is 17.9 Å². The summed E-state index contributed by atoms with van der Waals surface area (Å²) in [6.45, 7) is 1.29. The zero-order chi connectivity index (χ0) is 20.0. The highest BCUT2D eigenvalue weighted by Crippen LogP contribution is 2.29. The van der Waals surface area contributed by atoms with Gasteiger partial charge in [0.05, 0.1) is 24.8 Å². The van der Waals surface area contributed by atoms with Crippen molar-refractivity contribution in [2.24, 2.45) is 5.10 Å². The first-order valence-corrected chi connectivity index (χ1v) is 10.1. The van der Waals surface area contributed by atoms with Gasteiger partial charge in [0.25, 0.3) is 5.91 Å². The molecule has 7 nitrogen and oxygen atoms in total. The van der Waals surface area contributed by atoms with Gasteiger partial charge in [0.15, 0.2) is 0 Å². The third-order valence-corrected chi connectivity index (χ3v) is 5.03. The van der Waals surface area contributed by atoms with E-state index >= 15 is 0 Å². The second-order valence-electron chi connectivity index (χ2n) is 5.68. The fourth-order valence-corrected chi connectivity index (χ4v) is 3.27. The van der Waals surface area contributed by atoms with Crippen molar-refractivity contribution in [3.05, 3.63) is 59.1 Å². The summed E-state index contributed by atoms with van der Waals surface area (Å²) in [6.07, 6.45) is 1.02. The second kappa shape index (κ2) is 8.88. The minimum absolute atomic E-state index is 0.274. The smallest absolute Gasteiger partial charge is 0.260 e. The molecule has 2 rings (SSSR count). The first-order chi connectivity index (χ1) is 12.7. The number of carbonyl (C=O) groups is 1. The summed E-state index contributed by atoms with van der Waals surface area (Å²) in [5, 5.41) is 4.61. The number of hydrogen-bond acceptors (Lipinski definition) is 5. The quantitative estimate of drug-likeness (QED) is 0.562. The molecule has 1 N–H and O–H groups in total. The van der Waals surface area contributed by atoms with Crippen molar-refractivity contribution >= 4 is 38.9 Å². The molecule has 27 heavy (non-hydrogen) atoms. The number of benzene rings is 2. The fraction of sp³-hybridized carbons (Fsp3) is 0.222. The molecule has 0 bridgehead atoms. The maximum Gasteiger partial charge on any atom is 0.260 e. The molecule has 0 aromatic heterocycles. The number of sulfonamides is 1. The molecule has 0 saturated carbocycles. The maximum absolute atomic E-state index is 12.3. The van der Waals surface area contributed by atoms with Gasteiger partial charge < -0.3 is 4.74 Å². The fourth-order valence-electron chi connectivity index (χ4n) is 2.28. The Morgan fingerprint density at radius 1 is 1.19 bits per heavy atom. The molecule has 144 valence electrons. The average molecular weight is 410 g/mol. The van der Waals surface area contributed by atoms with E-state index in [1.54, 1.807) is 55.5 Å². The zero-order valence-electron chi connectivity index (χ0n) is 15.1. The Kier molecular flexibility index (Phi) is 6.81. The highest BCUT2D eigenvalue weighted by atomic mass is 35.5. The number of anilines is 1. The van der Waals surface area contributed by atoms with Gasteiger partial charge in [-0.05, 0) is 36.8 Å². The summed E-state index contributed by atoms with van der Waals surface area (Å²) in [5.41, 5.74) is 3.99. The molecule has 2 aromatic rings. The summed E-state index contributed by atoms with van der Waals surface area (Å²) in [5.74, 6) is -0.240. The summed E-state index contributed by atoms with van der Waals surface area (Å²) >= 11 is 5.84. The van der Waals surface area contributed by atoms with Crippen LogP contribution in [0.2, 0.25) is 5.02 Å². The van der Waals surface area contributed by atoms with Crippen LogP contribution in [0.1, 0.15) is 12.5 Å². The van der Waals surface area contributed by atoms with Crippen LogP contribution in [0.25, 0.3) is 0 Å². The Hall–Kier alpha value is -2.58. The molecule has 0 radical (unpaired) electrons. The SMILES string of the molecule is COc1ccccc1N(CC(=O)N/N=C(/C)c1ccc(Cl)cc1)S(C)(=O)=O. The number of carbonyl (C=O) groups excluding carboxylic acids is 1.